The fraction of sp³-hybridized carbons (Fsp3) is 0.611. The maximum absolute atomic E-state index is 5.60. The Morgan fingerprint density at radius 2 is 1.65 bits per heavy atom. The fourth-order valence-corrected chi connectivity index (χ4v) is 3.15. The number of guanidine groups is 1. The molecule has 0 amide bonds. The smallest absolute Gasteiger partial charge is 0.195 e. The fourth-order valence-electron chi connectivity index (χ4n) is 3.15. The van der Waals surface area contributed by atoms with Crippen LogP contribution in [-0.4, -0.2) is 70.8 Å². The van der Waals surface area contributed by atoms with E-state index < -0.39 is 0 Å². The molecule has 5 heteroatoms. The van der Waals surface area contributed by atoms with Gasteiger partial charge in [0.25, 0.3) is 0 Å². The summed E-state index contributed by atoms with van der Waals surface area (Å²) < 4.78 is 10.9. The summed E-state index contributed by atoms with van der Waals surface area (Å²) in [6.07, 6.45) is 1.99. The maximum atomic E-state index is 5.60. The van der Waals surface area contributed by atoms with Gasteiger partial charge in [0.1, 0.15) is 5.75 Å². The number of aliphatic imine (C=N–C) groups is 1. The van der Waals surface area contributed by atoms with Gasteiger partial charge >= 0.3 is 0 Å². The molecule has 1 aliphatic heterocycles. The average molecular weight is 319 g/mol. The van der Waals surface area contributed by atoms with Gasteiger partial charge in [-0.25, -0.2) is 0 Å². The summed E-state index contributed by atoms with van der Waals surface area (Å²) in [5.41, 5.74) is 1.36. The summed E-state index contributed by atoms with van der Waals surface area (Å²) in [7, 11) is 9.82. The van der Waals surface area contributed by atoms with Crippen LogP contribution in [0.25, 0.3) is 0 Å². The minimum absolute atomic E-state index is 0.0434. The van der Waals surface area contributed by atoms with Crippen molar-refractivity contribution < 1.29 is 9.47 Å². The van der Waals surface area contributed by atoms with Gasteiger partial charge in [0.15, 0.2) is 5.96 Å². The van der Waals surface area contributed by atoms with Crippen molar-refractivity contribution >= 4 is 5.96 Å². The number of hydrogen-bond acceptors (Lipinski definition) is 3. The van der Waals surface area contributed by atoms with E-state index in [1.165, 1.54) is 5.56 Å². The first kappa shape index (κ1) is 17.6. The second-order valence-corrected chi connectivity index (χ2v) is 6.53. The molecule has 128 valence electrons. The molecule has 1 aromatic carbocycles. The molecular formula is C18H29N3O2. The second-order valence-electron chi connectivity index (χ2n) is 6.53. The molecule has 0 atom stereocenters. The third-order valence-corrected chi connectivity index (χ3v) is 4.48. The predicted molar refractivity (Wildman–Crippen MR) is 94.4 cm³/mol. The lowest BCUT2D eigenvalue weighted by Crippen LogP contribution is -2.40. The van der Waals surface area contributed by atoms with Gasteiger partial charge in [-0.2, -0.15) is 0 Å². The lowest BCUT2D eigenvalue weighted by atomic mass is 9.74. The van der Waals surface area contributed by atoms with E-state index in [0.717, 1.165) is 44.3 Å². The van der Waals surface area contributed by atoms with E-state index in [9.17, 15) is 0 Å². The number of hydrogen-bond donors (Lipinski definition) is 0. The standard InChI is InChI=1S/C18H29N3O2/c1-20(2)17(21(3)4)19-14-18(10-12-23-13-11-18)15-6-8-16(22-5)9-7-15/h6-9H,10-14H2,1-5H3. The lowest BCUT2D eigenvalue weighted by molar-refractivity contribution is 0.0529. The summed E-state index contributed by atoms with van der Waals surface area (Å²) >= 11 is 0. The van der Waals surface area contributed by atoms with Crippen LogP contribution in [0, 0.1) is 0 Å². The summed E-state index contributed by atoms with van der Waals surface area (Å²) in [6.45, 7) is 2.36. The molecule has 0 aliphatic carbocycles. The normalized spacial score (nSPS) is 16.6. The van der Waals surface area contributed by atoms with Crippen LogP contribution >= 0.6 is 0 Å². The SMILES string of the molecule is COc1ccc(C2(CN=C(N(C)C)N(C)C)CCOCC2)cc1. The van der Waals surface area contributed by atoms with Gasteiger partial charge in [0.05, 0.1) is 13.7 Å². The highest BCUT2D eigenvalue weighted by Gasteiger charge is 2.34. The van der Waals surface area contributed by atoms with Crippen LogP contribution in [0.2, 0.25) is 0 Å². The van der Waals surface area contributed by atoms with Crippen molar-refractivity contribution in [2.45, 2.75) is 18.3 Å². The van der Waals surface area contributed by atoms with Crippen LogP contribution in [0.15, 0.2) is 29.3 Å². The molecule has 0 N–H and O–H groups in total. The molecule has 0 spiro atoms. The molecule has 0 radical (unpaired) electrons. The zero-order valence-electron chi connectivity index (χ0n) is 15.0. The molecule has 1 heterocycles. The molecule has 1 fully saturated rings. The highest BCUT2D eigenvalue weighted by molar-refractivity contribution is 5.79. The predicted octanol–water partition coefficient (Wildman–Crippen LogP) is 2.22. The van der Waals surface area contributed by atoms with Crippen LogP contribution in [0.1, 0.15) is 18.4 Å². The van der Waals surface area contributed by atoms with E-state index in [-0.39, 0.29) is 5.41 Å². The minimum atomic E-state index is 0.0434. The van der Waals surface area contributed by atoms with Gasteiger partial charge in [0, 0.05) is 46.8 Å². The third-order valence-electron chi connectivity index (χ3n) is 4.48. The Labute approximate surface area is 139 Å². The van der Waals surface area contributed by atoms with Crippen molar-refractivity contribution in [3.05, 3.63) is 29.8 Å². The molecule has 0 saturated carbocycles. The van der Waals surface area contributed by atoms with E-state index in [4.69, 9.17) is 14.5 Å². The number of rotatable bonds is 4. The summed E-state index contributed by atoms with van der Waals surface area (Å²) in [5, 5.41) is 0. The number of ether oxygens (including phenoxy) is 2. The van der Waals surface area contributed by atoms with Crippen molar-refractivity contribution in [2.24, 2.45) is 4.99 Å². The van der Waals surface area contributed by atoms with Gasteiger partial charge in [-0.1, -0.05) is 12.1 Å². The highest BCUT2D eigenvalue weighted by atomic mass is 16.5. The number of benzene rings is 1. The van der Waals surface area contributed by atoms with Gasteiger partial charge < -0.3 is 19.3 Å². The molecule has 2 rings (SSSR count). The van der Waals surface area contributed by atoms with Gasteiger partial charge in [0.2, 0.25) is 0 Å². The molecule has 5 nitrogen and oxygen atoms in total. The average Bonchev–Trinajstić information content (AvgIpc) is 2.55. The monoisotopic (exact) mass is 319 g/mol. The number of nitrogens with zero attached hydrogens (tertiary/aromatic N) is 3. The Hall–Kier alpha value is -1.75. The third kappa shape index (κ3) is 4.16. The first-order valence-corrected chi connectivity index (χ1v) is 8.10. The van der Waals surface area contributed by atoms with E-state index in [1.807, 2.05) is 40.3 Å². The molecule has 0 bridgehead atoms. The summed E-state index contributed by atoms with van der Waals surface area (Å²) in [4.78, 5) is 9.03. The van der Waals surface area contributed by atoms with Crippen molar-refractivity contribution in [2.75, 3.05) is 55.1 Å². The topological polar surface area (TPSA) is 37.3 Å². The zero-order chi connectivity index (χ0) is 16.9. The molecule has 1 aromatic rings. The highest BCUT2D eigenvalue weighted by Crippen LogP contribution is 2.36. The van der Waals surface area contributed by atoms with E-state index in [1.54, 1.807) is 7.11 Å². The summed E-state index contributed by atoms with van der Waals surface area (Å²) in [5.74, 6) is 1.88. The molecule has 1 saturated heterocycles. The van der Waals surface area contributed by atoms with Gasteiger partial charge in [-0.15, -0.1) is 0 Å². The van der Waals surface area contributed by atoms with Crippen molar-refractivity contribution in [1.29, 1.82) is 0 Å². The lowest BCUT2D eigenvalue weighted by Gasteiger charge is -2.37. The molecule has 1 aliphatic rings. The molecule has 0 aromatic heterocycles. The Morgan fingerprint density at radius 3 is 2.13 bits per heavy atom. The Bertz CT molecular complexity index is 508. The van der Waals surface area contributed by atoms with Crippen LogP contribution in [-0.2, 0) is 10.2 Å². The Morgan fingerprint density at radius 1 is 1.09 bits per heavy atom. The number of methoxy groups -OCH3 is 1. The first-order chi connectivity index (χ1) is 11.0. The van der Waals surface area contributed by atoms with Crippen LogP contribution in [0.4, 0.5) is 0 Å². The minimum Gasteiger partial charge on any atom is -0.497 e. The van der Waals surface area contributed by atoms with E-state index in [0.29, 0.717) is 0 Å². The van der Waals surface area contributed by atoms with E-state index in [2.05, 4.69) is 21.9 Å². The maximum Gasteiger partial charge on any atom is 0.195 e. The Balaban J connectivity index is 2.29. The van der Waals surface area contributed by atoms with Crippen LogP contribution < -0.4 is 4.74 Å². The molecule has 0 unspecified atom stereocenters. The van der Waals surface area contributed by atoms with Gasteiger partial charge in [-0.05, 0) is 30.5 Å². The van der Waals surface area contributed by atoms with Gasteiger partial charge in [-0.3, -0.25) is 4.99 Å². The van der Waals surface area contributed by atoms with Crippen LogP contribution in [0.5, 0.6) is 5.75 Å². The quantitative estimate of drug-likeness (QED) is 0.630. The molecular weight excluding hydrogens is 290 g/mol. The van der Waals surface area contributed by atoms with Crippen molar-refractivity contribution in [3.63, 3.8) is 0 Å². The molecule has 23 heavy (non-hydrogen) atoms. The summed E-state index contributed by atoms with van der Waals surface area (Å²) in [6, 6.07) is 8.42. The van der Waals surface area contributed by atoms with Crippen LogP contribution in [0.3, 0.4) is 0 Å². The van der Waals surface area contributed by atoms with Crippen molar-refractivity contribution in [3.8, 4) is 5.75 Å². The first-order valence-electron chi connectivity index (χ1n) is 8.10. The zero-order valence-corrected chi connectivity index (χ0v) is 15.0. The Kier molecular flexibility index (Phi) is 5.88. The largest absolute Gasteiger partial charge is 0.497 e. The second kappa shape index (κ2) is 7.68. The van der Waals surface area contributed by atoms with E-state index >= 15 is 0 Å². The van der Waals surface area contributed by atoms with Crippen molar-refractivity contribution in [1.82, 2.24) is 9.80 Å².